The lowest BCUT2D eigenvalue weighted by molar-refractivity contribution is -0.300. The van der Waals surface area contributed by atoms with E-state index in [4.69, 9.17) is 33.2 Å². The van der Waals surface area contributed by atoms with Gasteiger partial charge in [0.2, 0.25) is 6.36 Å². The molecule has 6 atom stereocenters. The smallest absolute Gasteiger partial charge is 0.230 e. The van der Waals surface area contributed by atoms with E-state index in [1.807, 2.05) is 78.9 Å². The zero-order valence-electron chi connectivity index (χ0n) is 20.1. The minimum absolute atomic E-state index is 0.168. The molecule has 0 aromatic heterocycles. The standard InChI is InChI=1S/C28H29FO7/c1-30-21-12-8-18(9-13-21)16-32-23-24(33-17-19-10-14-22(31-2)15-11-19)26(29)35-28-25(23)34-27(36-28)20-6-4-3-5-7-20/h3-15,23-28H,16-17H2,1-2H3/t23?,24?,25-,26-,27?,28?/m1/s1. The van der Waals surface area contributed by atoms with Crippen molar-refractivity contribution in [1.29, 1.82) is 0 Å². The van der Waals surface area contributed by atoms with E-state index in [1.54, 1.807) is 14.2 Å². The van der Waals surface area contributed by atoms with Crippen LogP contribution in [0.5, 0.6) is 11.5 Å². The summed E-state index contributed by atoms with van der Waals surface area (Å²) in [4.78, 5) is 0. The van der Waals surface area contributed by atoms with E-state index in [-0.39, 0.29) is 13.2 Å². The number of halogens is 1. The second kappa shape index (κ2) is 11.4. The Bertz CT molecular complexity index is 1090. The third-order valence-electron chi connectivity index (χ3n) is 6.25. The van der Waals surface area contributed by atoms with E-state index >= 15 is 4.39 Å². The van der Waals surface area contributed by atoms with Gasteiger partial charge in [0.25, 0.3) is 0 Å². The highest BCUT2D eigenvalue weighted by Crippen LogP contribution is 2.40. The molecular formula is C28H29FO7. The van der Waals surface area contributed by atoms with E-state index in [9.17, 15) is 0 Å². The van der Waals surface area contributed by atoms with Crippen molar-refractivity contribution in [3.8, 4) is 11.5 Å². The van der Waals surface area contributed by atoms with Crippen LogP contribution < -0.4 is 9.47 Å². The lowest BCUT2D eigenvalue weighted by Gasteiger charge is -2.39. The van der Waals surface area contributed by atoms with Gasteiger partial charge in [-0.05, 0) is 35.4 Å². The van der Waals surface area contributed by atoms with Crippen molar-refractivity contribution >= 4 is 0 Å². The maximum absolute atomic E-state index is 15.3. The van der Waals surface area contributed by atoms with Gasteiger partial charge in [-0.25, -0.2) is 4.39 Å². The summed E-state index contributed by atoms with van der Waals surface area (Å²) in [7, 11) is 3.21. The zero-order chi connectivity index (χ0) is 24.9. The first-order chi connectivity index (χ1) is 17.6. The first-order valence-corrected chi connectivity index (χ1v) is 11.8. The molecule has 3 aromatic rings. The molecule has 5 rings (SSSR count). The molecule has 2 heterocycles. The van der Waals surface area contributed by atoms with Gasteiger partial charge in [-0.1, -0.05) is 54.6 Å². The Morgan fingerprint density at radius 2 is 1.22 bits per heavy atom. The van der Waals surface area contributed by atoms with E-state index in [0.29, 0.717) is 0 Å². The first kappa shape index (κ1) is 24.7. The van der Waals surface area contributed by atoms with Crippen molar-refractivity contribution in [1.82, 2.24) is 0 Å². The number of alkyl halides is 1. The highest BCUT2D eigenvalue weighted by Gasteiger charge is 2.54. The lowest BCUT2D eigenvalue weighted by atomic mass is 10.0. The lowest BCUT2D eigenvalue weighted by Crippen LogP contribution is -2.57. The predicted octanol–water partition coefficient (Wildman–Crippen LogP) is 4.94. The summed E-state index contributed by atoms with van der Waals surface area (Å²) in [5.74, 6) is 1.47. The van der Waals surface area contributed by atoms with Crippen molar-refractivity contribution in [3.05, 3.63) is 95.6 Å². The van der Waals surface area contributed by atoms with Gasteiger partial charge in [-0.3, -0.25) is 0 Å². The van der Waals surface area contributed by atoms with Gasteiger partial charge in [0.1, 0.15) is 29.8 Å². The van der Waals surface area contributed by atoms with Gasteiger partial charge in [-0.2, -0.15) is 0 Å². The number of fused-ring (bicyclic) bond motifs is 1. The summed E-state index contributed by atoms with van der Waals surface area (Å²) in [6, 6.07) is 24.3. The molecule has 0 bridgehead atoms. The number of benzene rings is 3. The molecule has 0 N–H and O–H groups in total. The Morgan fingerprint density at radius 1 is 0.667 bits per heavy atom. The molecule has 190 valence electrons. The average Bonchev–Trinajstić information content (AvgIpc) is 3.35. The topological polar surface area (TPSA) is 64.6 Å². The highest BCUT2D eigenvalue weighted by molar-refractivity contribution is 5.27. The molecule has 2 saturated heterocycles. The average molecular weight is 497 g/mol. The molecule has 8 heteroatoms. The molecule has 36 heavy (non-hydrogen) atoms. The summed E-state index contributed by atoms with van der Waals surface area (Å²) in [5.41, 5.74) is 2.59. The van der Waals surface area contributed by atoms with Crippen LogP contribution in [0.15, 0.2) is 78.9 Å². The fraction of sp³-hybridized carbons (Fsp3) is 0.357. The highest BCUT2D eigenvalue weighted by atomic mass is 19.1. The Hall–Kier alpha value is -3.01. The van der Waals surface area contributed by atoms with Crippen molar-refractivity contribution in [2.45, 2.75) is 50.5 Å². The SMILES string of the molecule is COc1ccc(COC2C(OCc3ccc(OC)cc3)[C@H](F)OC3OC(c4ccccc4)O[C@@H]32)cc1. The van der Waals surface area contributed by atoms with Gasteiger partial charge in [0.15, 0.2) is 12.6 Å². The van der Waals surface area contributed by atoms with Crippen LogP contribution in [0.1, 0.15) is 23.0 Å². The Balaban J connectivity index is 1.33. The molecule has 0 aliphatic carbocycles. The van der Waals surface area contributed by atoms with Crippen molar-refractivity contribution in [3.63, 3.8) is 0 Å². The Kier molecular flexibility index (Phi) is 7.79. The maximum Gasteiger partial charge on any atom is 0.230 e. The fourth-order valence-corrected chi connectivity index (χ4v) is 4.28. The third-order valence-corrected chi connectivity index (χ3v) is 6.25. The van der Waals surface area contributed by atoms with E-state index in [2.05, 4.69) is 0 Å². The number of hydrogen-bond donors (Lipinski definition) is 0. The van der Waals surface area contributed by atoms with E-state index < -0.39 is 37.2 Å². The second-order valence-electron chi connectivity index (χ2n) is 8.58. The van der Waals surface area contributed by atoms with Crippen LogP contribution >= 0.6 is 0 Å². The number of rotatable bonds is 9. The van der Waals surface area contributed by atoms with Gasteiger partial charge < -0.3 is 33.2 Å². The molecule has 0 radical (unpaired) electrons. The Labute approximate surface area is 209 Å². The van der Waals surface area contributed by atoms with E-state index in [0.717, 1.165) is 28.2 Å². The molecule has 3 aromatic carbocycles. The Morgan fingerprint density at radius 3 is 1.78 bits per heavy atom. The van der Waals surface area contributed by atoms with Crippen LogP contribution in [0.2, 0.25) is 0 Å². The van der Waals surface area contributed by atoms with Crippen LogP contribution in [0, 0.1) is 0 Å². The quantitative estimate of drug-likeness (QED) is 0.416. The minimum Gasteiger partial charge on any atom is -0.497 e. The predicted molar refractivity (Wildman–Crippen MR) is 128 cm³/mol. The van der Waals surface area contributed by atoms with Crippen molar-refractivity contribution < 1.29 is 37.5 Å². The van der Waals surface area contributed by atoms with Gasteiger partial charge in [0, 0.05) is 5.56 Å². The fourth-order valence-electron chi connectivity index (χ4n) is 4.28. The number of hydrogen-bond acceptors (Lipinski definition) is 7. The van der Waals surface area contributed by atoms with Crippen LogP contribution in [0.25, 0.3) is 0 Å². The second-order valence-corrected chi connectivity index (χ2v) is 8.58. The maximum atomic E-state index is 15.3. The molecule has 4 unspecified atom stereocenters. The summed E-state index contributed by atoms with van der Waals surface area (Å²) >= 11 is 0. The molecule has 2 fully saturated rings. The molecule has 7 nitrogen and oxygen atoms in total. The van der Waals surface area contributed by atoms with Crippen LogP contribution in [-0.4, -0.2) is 45.2 Å². The van der Waals surface area contributed by atoms with E-state index in [1.165, 1.54) is 0 Å². The molecule has 2 aliphatic rings. The first-order valence-electron chi connectivity index (χ1n) is 11.8. The third kappa shape index (κ3) is 5.53. The van der Waals surface area contributed by atoms with Crippen LogP contribution in [0.4, 0.5) is 4.39 Å². The van der Waals surface area contributed by atoms with Crippen LogP contribution in [0.3, 0.4) is 0 Å². The minimum atomic E-state index is -1.76. The summed E-state index contributed by atoms with van der Waals surface area (Å²) in [5, 5.41) is 0. The largest absolute Gasteiger partial charge is 0.497 e. The molecular weight excluding hydrogens is 467 g/mol. The molecule has 0 spiro atoms. The van der Waals surface area contributed by atoms with Gasteiger partial charge >= 0.3 is 0 Å². The molecule has 2 aliphatic heterocycles. The monoisotopic (exact) mass is 496 g/mol. The number of methoxy groups -OCH3 is 2. The van der Waals surface area contributed by atoms with Crippen molar-refractivity contribution in [2.24, 2.45) is 0 Å². The van der Waals surface area contributed by atoms with Crippen LogP contribution in [-0.2, 0) is 36.9 Å². The van der Waals surface area contributed by atoms with Crippen molar-refractivity contribution in [2.75, 3.05) is 14.2 Å². The number of ether oxygens (including phenoxy) is 7. The normalized spacial score (nSPS) is 27.4. The molecule has 0 amide bonds. The zero-order valence-corrected chi connectivity index (χ0v) is 20.1. The molecule has 0 saturated carbocycles. The van der Waals surface area contributed by atoms with Gasteiger partial charge in [-0.15, -0.1) is 0 Å². The van der Waals surface area contributed by atoms with Gasteiger partial charge in [0.05, 0.1) is 27.4 Å². The summed E-state index contributed by atoms with van der Waals surface area (Å²) in [6.45, 7) is 0.396. The summed E-state index contributed by atoms with van der Waals surface area (Å²) < 4.78 is 55.7. The summed E-state index contributed by atoms with van der Waals surface area (Å²) in [6.07, 6.45) is -5.85.